The van der Waals surface area contributed by atoms with Gasteiger partial charge in [0, 0.05) is 22.2 Å². The second kappa shape index (κ2) is 3.82. The van der Waals surface area contributed by atoms with Crippen LogP contribution in [0.15, 0.2) is 18.2 Å². The van der Waals surface area contributed by atoms with Gasteiger partial charge in [-0.15, -0.1) is 11.3 Å². The van der Waals surface area contributed by atoms with Gasteiger partial charge in [0.2, 0.25) is 0 Å². The first-order valence-electron chi connectivity index (χ1n) is 5.65. The van der Waals surface area contributed by atoms with Crippen LogP contribution in [-0.2, 0) is 6.54 Å². The van der Waals surface area contributed by atoms with Crippen molar-refractivity contribution in [3.63, 3.8) is 0 Å². The second-order valence-corrected chi connectivity index (χ2v) is 5.58. The number of hydrogen-bond donors (Lipinski definition) is 1. The van der Waals surface area contributed by atoms with Crippen molar-refractivity contribution in [2.75, 3.05) is 0 Å². The zero-order valence-corrected chi connectivity index (χ0v) is 10.0. The molecule has 1 aromatic heterocycles. The van der Waals surface area contributed by atoms with E-state index in [1.54, 1.807) is 17.4 Å². The van der Waals surface area contributed by atoms with Gasteiger partial charge in [-0.05, 0) is 48.9 Å². The number of aryl methyl sites for hydroxylation is 1. The van der Waals surface area contributed by atoms with Crippen molar-refractivity contribution in [2.24, 2.45) is 0 Å². The first kappa shape index (κ1) is 10.2. The first-order valence-corrected chi connectivity index (χ1v) is 6.46. The van der Waals surface area contributed by atoms with Crippen LogP contribution in [0.2, 0.25) is 0 Å². The maximum atomic E-state index is 13.1. The van der Waals surface area contributed by atoms with E-state index in [1.807, 2.05) is 6.07 Å². The average molecular weight is 235 g/mol. The van der Waals surface area contributed by atoms with Gasteiger partial charge < -0.3 is 5.32 Å². The highest BCUT2D eigenvalue weighted by atomic mass is 32.1. The van der Waals surface area contributed by atoms with Crippen LogP contribution in [0, 0.1) is 12.7 Å². The van der Waals surface area contributed by atoms with Crippen LogP contribution < -0.4 is 5.32 Å². The van der Waals surface area contributed by atoms with Crippen molar-refractivity contribution in [1.82, 2.24) is 5.32 Å². The lowest BCUT2D eigenvalue weighted by atomic mass is 10.1. The van der Waals surface area contributed by atoms with E-state index in [-0.39, 0.29) is 5.82 Å². The summed E-state index contributed by atoms with van der Waals surface area (Å²) in [5.74, 6) is -0.143. The Labute approximate surface area is 98.3 Å². The molecular formula is C13H14FNS. The Balaban J connectivity index is 1.94. The van der Waals surface area contributed by atoms with Crippen LogP contribution >= 0.6 is 11.3 Å². The van der Waals surface area contributed by atoms with E-state index in [0.717, 1.165) is 18.0 Å². The Hall–Kier alpha value is -0.930. The number of rotatable bonds is 3. The number of halogens is 1. The quantitative estimate of drug-likeness (QED) is 0.857. The van der Waals surface area contributed by atoms with Gasteiger partial charge in [0.15, 0.2) is 0 Å². The molecule has 0 spiro atoms. The fourth-order valence-electron chi connectivity index (χ4n) is 1.94. The van der Waals surface area contributed by atoms with Crippen LogP contribution in [0.25, 0.3) is 10.1 Å². The molecule has 0 atom stereocenters. The Morgan fingerprint density at radius 1 is 1.44 bits per heavy atom. The zero-order chi connectivity index (χ0) is 11.1. The van der Waals surface area contributed by atoms with Gasteiger partial charge in [-0.1, -0.05) is 0 Å². The maximum absolute atomic E-state index is 13.1. The third-order valence-corrected chi connectivity index (χ3v) is 4.40. The number of thiophene rings is 1. The van der Waals surface area contributed by atoms with E-state index in [0.29, 0.717) is 0 Å². The fourth-order valence-corrected chi connectivity index (χ4v) is 3.08. The molecule has 1 aromatic carbocycles. The Bertz CT molecular complexity index is 528. The highest BCUT2D eigenvalue weighted by Crippen LogP contribution is 2.31. The van der Waals surface area contributed by atoms with E-state index in [9.17, 15) is 4.39 Å². The standard InChI is InChI=1S/C13H14FNS/c1-8-11-6-9(14)2-5-12(11)16-13(8)7-15-10-3-4-10/h2,5-6,10,15H,3-4,7H2,1H3. The van der Waals surface area contributed by atoms with Gasteiger partial charge in [-0.2, -0.15) is 0 Å². The Morgan fingerprint density at radius 3 is 3.00 bits per heavy atom. The molecule has 2 aromatic rings. The summed E-state index contributed by atoms with van der Waals surface area (Å²) in [6.07, 6.45) is 2.61. The van der Waals surface area contributed by atoms with Crippen molar-refractivity contribution >= 4 is 21.4 Å². The van der Waals surface area contributed by atoms with E-state index in [2.05, 4.69) is 12.2 Å². The number of hydrogen-bond acceptors (Lipinski definition) is 2. The predicted molar refractivity (Wildman–Crippen MR) is 66.4 cm³/mol. The molecule has 1 nitrogen and oxygen atoms in total. The molecule has 3 heteroatoms. The third-order valence-electron chi connectivity index (χ3n) is 3.13. The number of benzene rings is 1. The van der Waals surface area contributed by atoms with Crippen LogP contribution in [0.3, 0.4) is 0 Å². The lowest BCUT2D eigenvalue weighted by molar-refractivity contribution is 0.629. The summed E-state index contributed by atoms with van der Waals surface area (Å²) in [7, 11) is 0. The van der Waals surface area contributed by atoms with Crippen LogP contribution in [0.5, 0.6) is 0 Å². The molecule has 1 aliphatic rings. The van der Waals surface area contributed by atoms with Gasteiger partial charge in [0.25, 0.3) is 0 Å². The minimum absolute atomic E-state index is 0.143. The lowest BCUT2D eigenvalue weighted by Crippen LogP contribution is -2.14. The van der Waals surface area contributed by atoms with E-state index in [4.69, 9.17) is 0 Å². The summed E-state index contributed by atoms with van der Waals surface area (Å²) >= 11 is 1.77. The molecule has 1 fully saturated rings. The summed E-state index contributed by atoms with van der Waals surface area (Å²) < 4.78 is 14.3. The monoisotopic (exact) mass is 235 g/mol. The highest BCUT2D eigenvalue weighted by molar-refractivity contribution is 7.19. The van der Waals surface area contributed by atoms with Crippen LogP contribution in [-0.4, -0.2) is 6.04 Å². The first-order chi connectivity index (χ1) is 7.74. The molecule has 1 N–H and O–H groups in total. The molecule has 0 aliphatic heterocycles. The van der Waals surface area contributed by atoms with Crippen molar-refractivity contribution in [2.45, 2.75) is 32.4 Å². The van der Waals surface area contributed by atoms with Gasteiger partial charge in [0.05, 0.1) is 0 Å². The molecule has 0 saturated heterocycles. The number of nitrogens with one attached hydrogen (secondary N) is 1. The molecule has 84 valence electrons. The van der Waals surface area contributed by atoms with Gasteiger partial charge >= 0.3 is 0 Å². The minimum atomic E-state index is -0.143. The second-order valence-electron chi connectivity index (χ2n) is 4.45. The third kappa shape index (κ3) is 1.85. The molecule has 0 unspecified atom stereocenters. The van der Waals surface area contributed by atoms with E-state index >= 15 is 0 Å². The largest absolute Gasteiger partial charge is 0.309 e. The van der Waals surface area contributed by atoms with Crippen molar-refractivity contribution in [3.05, 3.63) is 34.5 Å². The maximum Gasteiger partial charge on any atom is 0.123 e. The topological polar surface area (TPSA) is 12.0 Å². The smallest absolute Gasteiger partial charge is 0.123 e. The van der Waals surface area contributed by atoms with Crippen LogP contribution in [0.1, 0.15) is 23.3 Å². The average Bonchev–Trinajstić information content (AvgIpc) is 3.04. The summed E-state index contributed by atoms with van der Waals surface area (Å²) in [6, 6.07) is 5.78. The fraction of sp³-hybridized carbons (Fsp3) is 0.385. The summed E-state index contributed by atoms with van der Waals surface area (Å²) in [4.78, 5) is 1.34. The molecule has 16 heavy (non-hydrogen) atoms. The minimum Gasteiger partial charge on any atom is -0.309 e. The van der Waals surface area contributed by atoms with Gasteiger partial charge in [0.1, 0.15) is 5.82 Å². The summed E-state index contributed by atoms with van der Waals surface area (Å²) in [6.45, 7) is 3.01. The molecule has 0 bridgehead atoms. The molecule has 3 rings (SSSR count). The summed E-state index contributed by atoms with van der Waals surface area (Å²) in [5, 5.41) is 4.57. The van der Waals surface area contributed by atoms with Gasteiger partial charge in [-0.3, -0.25) is 0 Å². The van der Waals surface area contributed by atoms with E-state index in [1.165, 1.54) is 34.0 Å². The molecule has 0 radical (unpaired) electrons. The zero-order valence-electron chi connectivity index (χ0n) is 9.22. The van der Waals surface area contributed by atoms with Crippen molar-refractivity contribution in [3.8, 4) is 0 Å². The van der Waals surface area contributed by atoms with Crippen molar-refractivity contribution < 1.29 is 4.39 Å². The van der Waals surface area contributed by atoms with Crippen LogP contribution in [0.4, 0.5) is 4.39 Å². The molecule has 1 heterocycles. The van der Waals surface area contributed by atoms with E-state index < -0.39 is 0 Å². The van der Waals surface area contributed by atoms with Crippen molar-refractivity contribution in [1.29, 1.82) is 0 Å². The highest BCUT2D eigenvalue weighted by Gasteiger charge is 2.21. The lowest BCUT2D eigenvalue weighted by Gasteiger charge is -2.00. The number of fused-ring (bicyclic) bond motifs is 1. The SMILES string of the molecule is Cc1c(CNC2CC2)sc2ccc(F)cc12. The van der Waals surface area contributed by atoms with Gasteiger partial charge in [-0.25, -0.2) is 4.39 Å². The summed E-state index contributed by atoms with van der Waals surface area (Å²) in [5.41, 5.74) is 1.23. The Kier molecular flexibility index (Phi) is 2.45. The predicted octanol–water partition coefficient (Wildman–Crippen LogP) is 3.60. The molecule has 1 saturated carbocycles. The molecular weight excluding hydrogens is 221 g/mol. The Morgan fingerprint density at radius 2 is 2.25 bits per heavy atom. The molecule has 0 amide bonds. The normalized spacial score (nSPS) is 15.9. The molecule has 1 aliphatic carbocycles.